The van der Waals surface area contributed by atoms with E-state index in [4.69, 9.17) is 21.1 Å². The van der Waals surface area contributed by atoms with Crippen LogP contribution in [0.15, 0.2) is 36.4 Å². The van der Waals surface area contributed by atoms with Crippen LogP contribution in [0.4, 0.5) is 10.1 Å². The number of halogens is 2. The highest BCUT2D eigenvalue weighted by molar-refractivity contribution is 6.30. The Morgan fingerprint density at radius 1 is 1.19 bits per heavy atom. The lowest BCUT2D eigenvalue weighted by molar-refractivity contribution is 0.0714. The van der Waals surface area contributed by atoms with E-state index in [-0.39, 0.29) is 17.0 Å². The van der Waals surface area contributed by atoms with Crippen molar-refractivity contribution in [3.63, 3.8) is 0 Å². The van der Waals surface area contributed by atoms with Crippen molar-refractivity contribution in [3.05, 3.63) is 52.8 Å². The van der Waals surface area contributed by atoms with Gasteiger partial charge in [0, 0.05) is 36.4 Å². The SMILES string of the molecule is COc1ccc(NC2CCCN(C(=O)c3ccc(Cl)c(F)c3)C2)cc1OC. The first kappa shape index (κ1) is 19.3. The Morgan fingerprint density at radius 2 is 1.96 bits per heavy atom. The highest BCUT2D eigenvalue weighted by Gasteiger charge is 2.25. The normalized spacial score (nSPS) is 16.7. The van der Waals surface area contributed by atoms with E-state index in [1.165, 1.54) is 12.1 Å². The third-order valence-corrected chi connectivity index (χ3v) is 4.94. The third-order valence-electron chi connectivity index (χ3n) is 4.63. The van der Waals surface area contributed by atoms with E-state index in [1.54, 1.807) is 25.2 Å². The maximum atomic E-state index is 13.7. The van der Waals surface area contributed by atoms with E-state index < -0.39 is 5.82 Å². The van der Waals surface area contributed by atoms with E-state index in [1.807, 2.05) is 18.2 Å². The summed E-state index contributed by atoms with van der Waals surface area (Å²) in [4.78, 5) is 14.4. The number of hydrogen-bond donors (Lipinski definition) is 1. The zero-order valence-corrected chi connectivity index (χ0v) is 16.1. The maximum absolute atomic E-state index is 13.7. The zero-order valence-electron chi connectivity index (χ0n) is 15.3. The molecule has 0 spiro atoms. The lowest BCUT2D eigenvalue weighted by atomic mass is 10.0. The predicted molar refractivity (Wildman–Crippen MR) is 104 cm³/mol. The molecule has 1 unspecified atom stereocenters. The van der Waals surface area contributed by atoms with E-state index in [0.717, 1.165) is 18.5 Å². The summed E-state index contributed by atoms with van der Waals surface area (Å²) in [6.07, 6.45) is 1.81. The molecule has 2 aromatic carbocycles. The van der Waals surface area contributed by atoms with Gasteiger partial charge in [0.05, 0.1) is 19.2 Å². The van der Waals surface area contributed by atoms with Gasteiger partial charge in [0.1, 0.15) is 5.82 Å². The van der Waals surface area contributed by atoms with Gasteiger partial charge in [0.2, 0.25) is 0 Å². The summed E-state index contributed by atoms with van der Waals surface area (Å²) in [7, 11) is 3.18. The van der Waals surface area contributed by atoms with Crippen molar-refractivity contribution in [2.45, 2.75) is 18.9 Å². The Kier molecular flexibility index (Phi) is 6.06. The molecule has 1 amide bonds. The van der Waals surface area contributed by atoms with Crippen molar-refractivity contribution in [2.24, 2.45) is 0 Å². The number of nitrogens with zero attached hydrogens (tertiary/aromatic N) is 1. The summed E-state index contributed by atoms with van der Waals surface area (Å²) in [5, 5.41) is 3.45. The van der Waals surface area contributed by atoms with Gasteiger partial charge in [0.15, 0.2) is 11.5 Å². The number of hydrogen-bond acceptors (Lipinski definition) is 4. The van der Waals surface area contributed by atoms with Crippen LogP contribution in [0, 0.1) is 5.82 Å². The summed E-state index contributed by atoms with van der Waals surface area (Å²) in [5.41, 5.74) is 1.20. The van der Waals surface area contributed by atoms with Crippen LogP contribution >= 0.6 is 11.6 Å². The molecule has 7 heteroatoms. The van der Waals surface area contributed by atoms with Crippen LogP contribution < -0.4 is 14.8 Å². The molecule has 3 rings (SSSR count). The second-order valence-electron chi connectivity index (χ2n) is 6.43. The molecular formula is C20H22ClFN2O3. The summed E-state index contributed by atoms with van der Waals surface area (Å²) in [5.74, 6) is 0.528. The number of likely N-dealkylation sites (tertiary alicyclic amines) is 1. The predicted octanol–water partition coefficient (Wildman–Crippen LogP) is 4.21. The number of methoxy groups -OCH3 is 2. The number of anilines is 1. The molecule has 1 heterocycles. The minimum Gasteiger partial charge on any atom is -0.493 e. The van der Waals surface area contributed by atoms with E-state index in [0.29, 0.717) is 30.2 Å². The van der Waals surface area contributed by atoms with Gasteiger partial charge in [-0.1, -0.05) is 11.6 Å². The molecule has 0 saturated carbocycles. The van der Waals surface area contributed by atoms with Crippen LogP contribution in [0.5, 0.6) is 11.5 Å². The van der Waals surface area contributed by atoms with E-state index in [9.17, 15) is 9.18 Å². The van der Waals surface area contributed by atoms with E-state index >= 15 is 0 Å². The summed E-state index contributed by atoms with van der Waals surface area (Å²) < 4.78 is 24.2. The fourth-order valence-electron chi connectivity index (χ4n) is 3.25. The van der Waals surface area contributed by atoms with Gasteiger partial charge < -0.3 is 19.7 Å². The fraction of sp³-hybridized carbons (Fsp3) is 0.350. The van der Waals surface area contributed by atoms with Crippen molar-refractivity contribution in [2.75, 3.05) is 32.6 Å². The van der Waals surface area contributed by atoms with E-state index in [2.05, 4.69) is 5.32 Å². The van der Waals surface area contributed by atoms with Crippen LogP contribution in [-0.2, 0) is 0 Å². The smallest absolute Gasteiger partial charge is 0.254 e. The molecule has 2 aromatic rings. The van der Waals surface area contributed by atoms with Gasteiger partial charge in [-0.3, -0.25) is 4.79 Å². The molecule has 144 valence electrons. The number of carbonyl (C=O) groups excluding carboxylic acids is 1. The monoisotopic (exact) mass is 392 g/mol. The first-order valence-electron chi connectivity index (χ1n) is 8.74. The maximum Gasteiger partial charge on any atom is 0.254 e. The first-order valence-corrected chi connectivity index (χ1v) is 9.12. The molecule has 0 aliphatic carbocycles. The van der Waals surface area contributed by atoms with Crippen molar-refractivity contribution >= 4 is 23.2 Å². The molecule has 1 atom stereocenters. The van der Waals surface area contributed by atoms with Gasteiger partial charge in [-0.25, -0.2) is 4.39 Å². The molecule has 27 heavy (non-hydrogen) atoms. The minimum atomic E-state index is -0.584. The Hall–Kier alpha value is -2.47. The molecule has 1 aliphatic rings. The molecular weight excluding hydrogens is 371 g/mol. The number of piperidine rings is 1. The van der Waals surface area contributed by atoms with Crippen molar-refractivity contribution in [1.29, 1.82) is 0 Å². The van der Waals surface area contributed by atoms with Crippen molar-refractivity contribution in [3.8, 4) is 11.5 Å². The summed E-state index contributed by atoms with van der Waals surface area (Å²) in [6.45, 7) is 1.19. The lowest BCUT2D eigenvalue weighted by Crippen LogP contribution is -2.45. The standard InChI is InChI=1S/C20H22ClFN2O3/c1-26-18-8-6-14(11-19(18)27-2)23-15-4-3-9-24(12-15)20(25)13-5-7-16(21)17(22)10-13/h5-8,10-11,15,23H,3-4,9,12H2,1-2H3. The van der Waals surface area contributed by atoms with Crippen LogP contribution in [0.25, 0.3) is 0 Å². The summed E-state index contributed by atoms with van der Waals surface area (Å²) in [6, 6.07) is 9.87. The molecule has 1 saturated heterocycles. The van der Waals surface area contributed by atoms with Gasteiger partial charge in [-0.15, -0.1) is 0 Å². The van der Waals surface area contributed by atoms with Crippen LogP contribution in [0.1, 0.15) is 23.2 Å². The number of benzene rings is 2. The Morgan fingerprint density at radius 3 is 2.67 bits per heavy atom. The topological polar surface area (TPSA) is 50.8 Å². The van der Waals surface area contributed by atoms with Crippen molar-refractivity contribution < 1.29 is 18.7 Å². The Balaban J connectivity index is 1.68. The molecule has 0 radical (unpaired) electrons. The van der Waals surface area contributed by atoms with Gasteiger partial charge >= 0.3 is 0 Å². The second kappa shape index (κ2) is 8.48. The lowest BCUT2D eigenvalue weighted by Gasteiger charge is -2.34. The molecule has 0 bridgehead atoms. The zero-order chi connectivity index (χ0) is 19.4. The van der Waals surface area contributed by atoms with Crippen LogP contribution in [-0.4, -0.2) is 44.2 Å². The van der Waals surface area contributed by atoms with Crippen LogP contribution in [0.3, 0.4) is 0 Å². The second-order valence-corrected chi connectivity index (χ2v) is 6.84. The van der Waals surface area contributed by atoms with Gasteiger partial charge in [0.25, 0.3) is 5.91 Å². The molecule has 1 aliphatic heterocycles. The molecule has 0 aromatic heterocycles. The largest absolute Gasteiger partial charge is 0.493 e. The molecule has 5 nitrogen and oxygen atoms in total. The number of ether oxygens (including phenoxy) is 2. The Bertz CT molecular complexity index is 831. The number of carbonyl (C=O) groups is 1. The minimum absolute atomic E-state index is 0.0122. The average Bonchev–Trinajstić information content (AvgIpc) is 2.69. The van der Waals surface area contributed by atoms with Crippen LogP contribution in [0.2, 0.25) is 5.02 Å². The third kappa shape index (κ3) is 4.45. The number of amides is 1. The molecule has 1 fully saturated rings. The fourth-order valence-corrected chi connectivity index (χ4v) is 3.37. The highest BCUT2D eigenvalue weighted by Crippen LogP contribution is 2.30. The number of rotatable bonds is 5. The quantitative estimate of drug-likeness (QED) is 0.828. The average molecular weight is 393 g/mol. The highest BCUT2D eigenvalue weighted by atomic mass is 35.5. The number of nitrogens with one attached hydrogen (secondary N) is 1. The Labute approximate surface area is 163 Å². The summed E-state index contributed by atoms with van der Waals surface area (Å²) >= 11 is 5.70. The first-order chi connectivity index (χ1) is 13.0. The van der Waals surface area contributed by atoms with Crippen molar-refractivity contribution in [1.82, 2.24) is 4.90 Å². The van der Waals surface area contributed by atoms with Gasteiger partial charge in [-0.05, 0) is 43.2 Å². The molecule has 1 N–H and O–H groups in total. The van der Waals surface area contributed by atoms with Gasteiger partial charge in [-0.2, -0.15) is 0 Å².